The highest BCUT2D eigenvalue weighted by molar-refractivity contribution is 5.71. The minimum absolute atomic E-state index is 0.0313. The lowest BCUT2D eigenvalue weighted by Crippen LogP contribution is -2.19. The number of nitrogens with one attached hydrogen (secondary N) is 1. The summed E-state index contributed by atoms with van der Waals surface area (Å²) in [6.45, 7) is 0.379. The third kappa shape index (κ3) is 5.44. The standard InChI is InChI=1S/C24H25NO4/c1-25-22(15-26)20-10-5-9-19(13-20)18-8-4-6-17(12-18)16-29-23-11-3-2-7-21(23)14-24(27)28/h2-13,22,25-26H,14-16H2,1H3,(H,27,28). The third-order valence-electron chi connectivity index (χ3n) is 4.79. The zero-order chi connectivity index (χ0) is 20.6. The van der Waals surface area contributed by atoms with Crippen molar-refractivity contribution in [1.29, 1.82) is 0 Å². The van der Waals surface area contributed by atoms with E-state index in [2.05, 4.69) is 17.4 Å². The van der Waals surface area contributed by atoms with Crippen LogP contribution in [0.15, 0.2) is 72.8 Å². The van der Waals surface area contributed by atoms with Gasteiger partial charge >= 0.3 is 5.97 Å². The van der Waals surface area contributed by atoms with Gasteiger partial charge in [0.1, 0.15) is 12.4 Å². The van der Waals surface area contributed by atoms with Gasteiger partial charge in [-0.1, -0.05) is 54.6 Å². The Morgan fingerprint density at radius 3 is 2.45 bits per heavy atom. The van der Waals surface area contributed by atoms with E-state index in [0.29, 0.717) is 17.9 Å². The molecular formula is C24H25NO4. The highest BCUT2D eigenvalue weighted by Crippen LogP contribution is 2.25. The fourth-order valence-electron chi connectivity index (χ4n) is 3.25. The smallest absolute Gasteiger partial charge is 0.307 e. The van der Waals surface area contributed by atoms with Crippen molar-refractivity contribution >= 4 is 5.97 Å². The summed E-state index contributed by atoms with van der Waals surface area (Å²) >= 11 is 0. The van der Waals surface area contributed by atoms with Crippen LogP contribution >= 0.6 is 0 Å². The Morgan fingerprint density at radius 1 is 1.00 bits per heavy atom. The van der Waals surface area contributed by atoms with Crippen molar-refractivity contribution in [3.8, 4) is 16.9 Å². The molecule has 3 N–H and O–H groups in total. The van der Waals surface area contributed by atoms with Crippen LogP contribution in [0.5, 0.6) is 5.75 Å². The first-order valence-electron chi connectivity index (χ1n) is 9.50. The maximum Gasteiger partial charge on any atom is 0.307 e. The van der Waals surface area contributed by atoms with Crippen LogP contribution in [0.3, 0.4) is 0 Å². The van der Waals surface area contributed by atoms with Crippen LogP contribution in [0, 0.1) is 0 Å². The van der Waals surface area contributed by atoms with Gasteiger partial charge in [-0.05, 0) is 47.5 Å². The van der Waals surface area contributed by atoms with Crippen LogP contribution in [0.2, 0.25) is 0 Å². The van der Waals surface area contributed by atoms with Crippen LogP contribution in [0.25, 0.3) is 11.1 Å². The third-order valence-corrected chi connectivity index (χ3v) is 4.79. The van der Waals surface area contributed by atoms with E-state index in [1.807, 2.05) is 55.6 Å². The lowest BCUT2D eigenvalue weighted by atomic mass is 9.98. The zero-order valence-electron chi connectivity index (χ0n) is 16.3. The van der Waals surface area contributed by atoms with Crippen molar-refractivity contribution in [2.45, 2.75) is 19.1 Å². The molecule has 0 radical (unpaired) electrons. The van der Waals surface area contributed by atoms with Crippen LogP contribution in [0.1, 0.15) is 22.7 Å². The SMILES string of the molecule is CNC(CO)c1cccc(-c2cccc(COc3ccccc3CC(=O)O)c2)c1. The number of hydrogen-bond acceptors (Lipinski definition) is 4. The van der Waals surface area contributed by atoms with Gasteiger partial charge in [-0.25, -0.2) is 0 Å². The lowest BCUT2D eigenvalue weighted by Gasteiger charge is -2.15. The van der Waals surface area contributed by atoms with E-state index < -0.39 is 5.97 Å². The van der Waals surface area contributed by atoms with E-state index in [1.165, 1.54) is 0 Å². The first-order chi connectivity index (χ1) is 14.1. The second-order valence-corrected chi connectivity index (χ2v) is 6.82. The van der Waals surface area contributed by atoms with Crippen molar-refractivity contribution < 1.29 is 19.7 Å². The van der Waals surface area contributed by atoms with Gasteiger partial charge in [0, 0.05) is 5.56 Å². The summed E-state index contributed by atoms with van der Waals surface area (Å²) in [5, 5.41) is 21.7. The number of carboxylic acids is 1. The highest BCUT2D eigenvalue weighted by Gasteiger charge is 2.10. The zero-order valence-corrected chi connectivity index (χ0v) is 16.3. The number of para-hydroxylation sites is 1. The van der Waals surface area contributed by atoms with Crippen molar-refractivity contribution in [2.75, 3.05) is 13.7 Å². The van der Waals surface area contributed by atoms with Crippen molar-refractivity contribution in [2.24, 2.45) is 0 Å². The van der Waals surface area contributed by atoms with Crippen LogP contribution in [0.4, 0.5) is 0 Å². The van der Waals surface area contributed by atoms with Gasteiger partial charge in [0.15, 0.2) is 0 Å². The Morgan fingerprint density at radius 2 is 1.72 bits per heavy atom. The number of aliphatic carboxylic acids is 1. The van der Waals surface area contributed by atoms with Gasteiger partial charge in [-0.2, -0.15) is 0 Å². The summed E-state index contributed by atoms with van der Waals surface area (Å²) in [6, 6.07) is 23.2. The van der Waals surface area contributed by atoms with Gasteiger partial charge in [0.25, 0.3) is 0 Å². The van der Waals surface area contributed by atoms with Crippen molar-refractivity contribution in [3.63, 3.8) is 0 Å². The Bertz CT molecular complexity index is 966. The first kappa shape index (κ1) is 20.6. The molecule has 0 fully saturated rings. The van der Waals surface area contributed by atoms with E-state index >= 15 is 0 Å². The monoisotopic (exact) mass is 391 g/mol. The average Bonchev–Trinajstić information content (AvgIpc) is 2.74. The molecule has 3 aromatic rings. The Hall–Kier alpha value is -3.15. The molecule has 0 aliphatic rings. The number of carbonyl (C=O) groups is 1. The lowest BCUT2D eigenvalue weighted by molar-refractivity contribution is -0.136. The minimum Gasteiger partial charge on any atom is -0.489 e. The van der Waals surface area contributed by atoms with E-state index in [9.17, 15) is 9.90 Å². The number of carboxylic acid groups (broad SMARTS) is 1. The summed E-state index contributed by atoms with van der Waals surface area (Å²) in [5.74, 6) is -0.298. The molecule has 0 bridgehead atoms. The molecule has 5 heteroatoms. The molecule has 0 amide bonds. The number of ether oxygens (including phenoxy) is 1. The van der Waals surface area contributed by atoms with E-state index in [-0.39, 0.29) is 19.1 Å². The fourth-order valence-corrected chi connectivity index (χ4v) is 3.25. The number of aliphatic hydroxyl groups excluding tert-OH is 1. The summed E-state index contributed by atoms with van der Waals surface area (Å²) in [4.78, 5) is 11.0. The number of benzene rings is 3. The number of hydrogen-bond donors (Lipinski definition) is 3. The quantitative estimate of drug-likeness (QED) is 0.517. The molecule has 3 rings (SSSR count). The van der Waals surface area contributed by atoms with Crippen LogP contribution in [-0.2, 0) is 17.8 Å². The highest BCUT2D eigenvalue weighted by atomic mass is 16.5. The number of aliphatic hydroxyl groups is 1. The molecule has 150 valence electrons. The molecule has 0 aliphatic carbocycles. The van der Waals surface area contributed by atoms with Crippen LogP contribution in [-0.4, -0.2) is 29.8 Å². The molecule has 0 heterocycles. The predicted molar refractivity (Wildman–Crippen MR) is 113 cm³/mol. The van der Waals surface area contributed by atoms with E-state index in [1.54, 1.807) is 12.1 Å². The topological polar surface area (TPSA) is 78.8 Å². The molecule has 29 heavy (non-hydrogen) atoms. The maximum atomic E-state index is 11.0. The summed E-state index contributed by atoms with van der Waals surface area (Å²) in [6.07, 6.45) is -0.0690. The van der Waals surface area contributed by atoms with Crippen LogP contribution < -0.4 is 10.1 Å². The second kappa shape index (κ2) is 9.87. The normalized spacial score (nSPS) is 11.8. The van der Waals surface area contributed by atoms with Gasteiger partial charge in [0.2, 0.25) is 0 Å². The predicted octanol–water partition coefficient (Wildman–Crippen LogP) is 3.81. The molecule has 1 unspecified atom stereocenters. The maximum absolute atomic E-state index is 11.0. The van der Waals surface area contributed by atoms with Gasteiger partial charge in [-0.15, -0.1) is 0 Å². The molecule has 0 spiro atoms. The summed E-state index contributed by atoms with van der Waals surface area (Å²) in [7, 11) is 1.83. The first-order valence-corrected chi connectivity index (χ1v) is 9.50. The molecule has 5 nitrogen and oxygen atoms in total. The molecule has 0 saturated heterocycles. The van der Waals surface area contributed by atoms with Crippen molar-refractivity contribution in [1.82, 2.24) is 5.32 Å². The molecule has 1 atom stereocenters. The Kier molecular flexibility index (Phi) is 7.00. The van der Waals surface area contributed by atoms with Crippen molar-refractivity contribution in [3.05, 3.63) is 89.5 Å². The number of rotatable bonds is 9. The fraction of sp³-hybridized carbons (Fsp3) is 0.208. The Balaban J connectivity index is 1.78. The summed E-state index contributed by atoms with van der Waals surface area (Å²) in [5.41, 5.74) is 4.79. The van der Waals surface area contributed by atoms with Gasteiger partial charge in [-0.3, -0.25) is 4.79 Å². The molecular weight excluding hydrogens is 366 g/mol. The average molecular weight is 391 g/mol. The molecule has 0 aliphatic heterocycles. The van der Waals surface area contributed by atoms with Gasteiger partial charge < -0.3 is 20.3 Å². The number of likely N-dealkylation sites (N-methyl/N-ethyl adjacent to an activating group) is 1. The van der Waals surface area contributed by atoms with E-state index in [0.717, 1.165) is 22.3 Å². The largest absolute Gasteiger partial charge is 0.489 e. The second-order valence-electron chi connectivity index (χ2n) is 6.82. The molecule has 0 aromatic heterocycles. The minimum atomic E-state index is -0.884. The molecule has 3 aromatic carbocycles. The Labute approximate surface area is 170 Å². The molecule has 0 saturated carbocycles. The summed E-state index contributed by atoms with van der Waals surface area (Å²) < 4.78 is 5.91. The van der Waals surface area contributed by atoms with Gasteiger partial charge in [0.05, 0.1) is 19.1 Å². The van der Waals surface area contributed by atoms with E-state index in [4.69, 9.17) is 9.84 Å².